The fourth-order valence-electron chi connectivity index (χ4n) is 5.34. The Kier molecular flexibility index (Phi) is 13.0. The second kappa shape index (κ2) is 15.3. The van der Waals surface area contributed by atoms with E-state index in [1.165, 1.54) is 0 Å². The van der Waals surface area contributed by atoms with E-state index >= 15 is 0 Å². The summed E-state index contributed by atoms with van der Waals surface area (Å²) in [6.07, 6.45) is 0. The Labute approximate surface area is 275 Å². The standard InChI is InChI=1S/C35H57N3O8/c1-31(2,3)43-27(39)20-36-18-19-37(21-28(40)44-32(4,5)6)25-35(24-36,26-16-14-13-15-17-26)38(22-29(41)45-33(7,8)9)23-30(42)46-34(10,11)12/h13-17H,18-25H2,1-12H3. The lowest BCUT2D eigenvalue weighted by molar-refractivity contribution is -0.166. The average Bonchev–Trinajstić information content (AvgIpc) is 2.99. The Hall–Kier alpha value is -3.02. The van der Waals surface area contributed by atoms with Gasteiger partial charge in [0.05, 0.1) is 31.7 Å². The summed E-state index contributed by atoms with van der Waals surface area (Å²) >= 11 is 0. The van der Waals surface area contributed by atoms with Crippen LogP contribution >= 0.6 is 0 Å². The maximum atomic E-state index is 13.5. The molecule has 11 nitrogen and oxygen atoms in total. The summed E-state index contributed by atoms with van der Waals surface area (Å²) in [7, 11) is 0. The molecule has 0 bridgehead atoms. The van der Waals surface area contributed by atoms with Crippen LogP contribution < -0.4 is 0 Å². The van der Waals surface area contributed by atoms with E-state index in [0.29, 0.717) is 13.1 Å². The molecule has 1 fully saturated rings. The van der Waals surface area contributed by atoms with Gasteiger partial charge in [0.2, 0.25) is 0 Å². The first-order valence-electron chi connectivity index (χ1n) is 16.0. The highest BCUT2D eigenvalue weighted by Crippen LogP contribution is 2.34. The van der Waals surface area contributed by atoms with Crippen LogP contribution in [-0.2, 0) is 43.7 Å². The van der Waals surface area contributed by atoms with Crippen LogP contribution in [0.4, 0.5) is 0 Å². The number of carbonyl (C=O) groups excluding carboxylic acids is 4. The topological polar surface area (TPSA) is 115 Å². The first kappa shape index (κ1) is 39.2. The summed E-state index contributed by atoms with van der Waals surface area (Å²) in [6, 6.07) is 9.52. The lowest BCUT2D eigenvalue weighted by Gasteiger charge is -2.46. The van der Waals surface area contributed by atoms with Gasteiger partial charge in [0.15, 0.2) is 0 Å². The number of benzene rings is 1. The third-order valence-electron chi connectivity index (χ3n) is 6.64. The lowest BCUT2D eigenvalue weighted by atomic mass is 9.86. The van der Waals surface area contributed by atoms with Crippen LogP contribution in [-0.4, -0.2) is 113 Å². The zero-order valence-corrected chi connectivity index (χ0v) is 30.2. The highest BCUT2D eigenvalue weighted by molar-refractivity contribution is 5.76. The fraction of sp³-hybridized carbons (Fsp3) is 0.714. The monoisotopic (exact) mass is 647 g/mol. The molecule has 0 aromatic heterocycles. The van der Waals surface area contributed by atoms with Gasteiger partial charge in [-0.25, -0.2) is 0 Å². The Morgan fingerprint density at radius 3 is 1.24 bits per heavy atom. The molecule has 260 valence electrons. The number of esters is 4. The van der Waals surface area contributed by atoms with Crippen molar-refractivity contribution in [2.75, 3.05) is 52.4 Å². The average molecular weight is 648 g/mol. The molecule has 0 spiro atoms. The van der Waals surface area contributed by atoms with Crippen LogP contribution in [0.15, 0.2) is 30.3 Å². The molecule has 0 aliphatic carbocycles. The minimum Gasteiger partial charge on any atom is -0.459 e. The van der Waals surface area contributed by atoms with Crippen molar-refractivity contribution in [3.8, 4) is 0 Å². The smallest absolute Gasteiger partial charge is 0.320 e. The molecule has 1 aliphatic rings. The summed E-state index contributed by atoms with van der Waals surface area (Å²) in [5, 5.41) is 0. The minimum atomic E-state index is -1.07. The lowest BCUT2D eigenvalue weighted by Crippen LogP contribution is -2.60. The van der Waals surface area contributed by atoms with Crippen molar-refractivity contribution in [3.05, 3.63) is 35.9 Å². The van der Waals surface area contributed by atoms with Crippen molar-refractivity contribution in [1.29, 1.82) is 0 Å². The summed E-state index contributed by atoms with van der Waals surface area (Å²) in [5.74, 6) is -1.84. The molecule has 1 aromatic carbocycles. The number of rotatable bonds is 10. The summed E-state index contributed by atoms with van der Waals surface area (Å²) in [4.78, 5) is 58.9. The van der Waals surface area contributed by atoms with E-state index in [9.17, 15) is 19.2 Å². The van der Waals surface area contributed by atoms with Gasteiger partial charge in [0.1, 0.15) is 22.4 Å². The molecular weight excluding hydrogens is 590 g/mol. The molecule has 1 aromatic rings. The third-order valence-corrected chi connectivity index (χ3v) is 6.64. The van der Waals surface area contributed by atoms with Gasteiger partial charge in [-0.05, 0) is 88.6 Å². The molecule has 1 aliphatic heterocycles. The van der Waals surface area contributed by atoms with Crippen molar-refractivity contribution >= 4 is 23.9 Å². The number of nitrogens with zero attached hydrogens (tertiary/aromatic N) is 3. The van der Waals surface area contributed by atoms with E-state index in [0.717, 1.165) is 5.56 Å². The van der Waals surface area contributed by atoms with Gasteiger partial charge in [-0.15, -0.1) is 0 Å². The summed E-state index contributed by atoms with van der Waals surface area (Å²) in [6.45, 7) is 22.4. The zero-order valence-electron chi connectivity index (χ0n) is 30.2. The summed E-state index contributed by atoms with van der Waals surface area (Å²) < 4.78 is 22.8. The van der Waals surface area contributed by atoms with E-state index in [4.69, 9.17) is 18.9 Å². The number of hydrogen-bond donors (Lipinski definition) is 0. The Bertz CT molecular complexity index is 1120. The predicted octanol–water partition coefficient (Wildman–Crippen LogP) is 4.17. The first-order valence-corrected chi connectivity index (χ1v) is 16.0. The van der Waals surface area contributed by atoms with Gasteiger partial charge in [-0.1, -0.05) is 30.3 Å². The van der Waals surface area contributed by atoms with Crippen LogP contribution in [0.3, 0.4) is 0 Å². The second-order valence-corrected chi connectivity index (χ2v) is 16.0. The van der Waals surface area contributed by atoms with Crippen molar-refractivity contribution < 1.29 is 38.1 Å². The predicted molar refractivity (Wildman–Crippen MR) is 176 cm³/mol. The van der Waals surface area contributed by atoms with Crippen LogP contribution in [0.25, 0.3) is 0 Å². The van der Waals surface area contributed by atoms with Gasteiger partial charge in [-0.3, -0.25) is 33.9 Å². The molecule has 11 heteroatoms. The molecule has 2 rings (SSSR count). The highest BCUT2D eigenvalue weighted by atomic mass is 16.6. The molecule has 0 saturated carbocycles. The maximum Gasteiger partial charge on any atom is 0.320 e. The minimum absolute atomic E-state index is 0.0289. The highest BCUT2D eigenvalue weighted by Gasteiger charge is 2.46. The number of hydrogen-bond acceptors (Lipinski definition) is 11. The van der Waals surface area contributed by atoms with E-state index < -0.39 is 51.8 Å². The van der Waals surface area contributed by atoms with Crippen molar-refractivity contribution in [3.63, 3.8) is 0 Å². The zero-order chi connectivity index (χ0) is 35.1. The molecule has 0 unspecified atom stereocenters. The Morgan fingerprint density at radius 2 is 0.913 bits per heavy atom. The SMILES string of the molecule is CC(C)(C)OC(=O)CN1CCN(CC(=O)OC(C)(C)C)CC(c2ccccc2)(N(CC(=O)OC(C)(C)C)CC(=O)OC(C)(C)C)C1. The van der Waals surface area contributed by atoms with Crippen LogP contribution in [0.2, 0.25) is 0 Å². The van der Waals surface area contributed by atoms with Gasteiger partial charge in [0.25, 0.3) is 0 Å². The van der Waals surface area contributed by atoms with Gasteiger partial charge in [0, 0.05) is 26.2 Å². The fourth-order valence-corrected chi connectivity index (χ4v) is 5.34. The molecule has 0 radical (unpaired) electrons. The van der Waals surface area contributed by atoms with E-state index in [1.54, 1.807) is 46.4 Å². The van der Waals surface area contributed by atoms with Crippen LogP contribution in [0, 0.1) is 0 Å². The van der Waals surface area contributed by atoms with Crippen molar-refractivity contribution in [1.82, 2.24) is 14.7 Å². The molecular formula is C35H57N3O8. The van der Waals surface area contributed by atoms with Gasteiger partial charge >= 0.3 is 23.9 Å². The third kappa shape index (κ3) is 14.2. The second-order valence-electron chi connectivity index (χ2n) is 16.0. The largest absolute Gasteiger partial charge is 0.459 e. The van der Waals surface area contributed by atoms with Gasteiger partial charge in [-0.2, -0.15) is 0 Å². The van der Waals surface area contributed by atoms with Crippen molar-refractivity contribution in [2.45, 2.75) is 111 Å². The van der Waals surface area contributed by atoms with E-state index in [-0.39, 0.29) is 39.3 Å². The van der Waals surface area contributed by atoms with Crippen molar-refractivity contribution in [2.24, 2.45) is 0 Å². The van der Waals surface area contributed by atoms with Crippen LogP contribution in [0.1, 0.15) is 88.6 Å². The van der Waals surface area contributed by atoms with E-state index in [1.807, 2.05) is 81.7 Å². The van der Waals surface area contributed by atoms with E-state index in [2.05, 4.69) is 0 Å². The molecule has 0 N–H and O–H groups in total. The molecule has 1 heterocycles. The number of ether oxygens (including phenoxy) is 4. The molecule has 1 saturated heterocycles. The van der Waals surface area contributed by atoms with Crippen LogP contribution in [0.5, 0.6) is 0 Å². The van der Waals surface area contributed by atoms with Gasteiger partial charge < -0.3 is 18.9 Å². The maximum absolute atomic E-state index is 13.5. The Balaban J connectivity index is 2.72. The first-order chi connectivity index (χ1) is 20.9. The molecule has 46 heavy (non-hydrogen) atoms. The molecule has 0 atom stereocenters. The number of carbonyl (C=O) groups is 4. The normalized spacial score (nSPS) is 16.8. The molecule has 0 amide bonds. The summed E-state index contributed by atoms with van der Waals surface area (Å²) in [5.41, 5.74) is -3.15. The Morgan fingerprint density at radius 1 is 0.587 bits per heavy atom. The quantitative estimate of drug-likeness (QED) is 0.269.